The van der Waals surface area contributed by atoms with Gasteiger partial charge in [-0.1, -0.05) is 153 Å². The molecule has 65 heavy (non-hydrogen) atoms. The highest BCUT2D eigenvalue weighted by Gasteiger charge is 2.14. The summed E-state index contributed by atoms with van der Waals surface area (Å²) in [6.07, 6.45) is 12.6. The van der Waals surface area contributed by atoms with E-state index in [0.29, 0.717) is 0 Å². The molecule has 0 aliphatic carbocycles. The quantitative estimate of drug-likeness (QED) is 0.0490. The van der Waals surface area contributed by atoms with Crippen LogP contribution in [0.25, 0.3) is 43.6 Å². The Morgan fingerprint density at radius 2 is 0.615 bits per heavy atom. The molecule has 320 valence electrons. The normalized spacial score (nSPS) is 11.8. The van der Waals surface area contributed by atoms with Crippen molar-refractivity contribution in [2.45, 2.75) is 58.0 Å². The number of aromatic nitrogens is 2. The zero-order valence-corrected chi connectivity index (χ0v) is 36.8. The molecule has 0 N–H and O–H groups in total. The van der Waals surface area contributed by atoms with Crippen LogP contribution in [-0.2, 0) is 13.1 Å². The number of aryl methyl sites for hydroxylation is 2. The Balaban J connectivity index is 0.745. The molecule has 10 aromatic rings. The van der Waals surface area contributed by atoms with Gasteiger partial charge in [-0.3, -0.25) is 0 Å². The van der Waals surface area contributed by atoms with E-state index in [4.69, 9.17) is 10.2 Å². The number of para-hydroxylation sites is 6. The van der Waals surface area contributed by atoms with Gasteiger partial charge in [0.25, 0.3) is 0 Å². The first kappa shape index (κ1) is 41.3. The highest BCUT2D eigenvalue weighted by Crippen LogP contribution is 2.33. The van der Waals surface area contributed by atoms with E-state index in [1.165, 1.54) is 88.6 Å². The van der Waals surface area contributed by atoms with Crippen molar-refractivity contribution in [3.63, 3.8) is 0 Å². The summed E-state index contributed by atoms with van der Waals surface area (Å²) in [4.78, 5) is 0. The Bertz CT molecular complexity index is 2890. The summed E-state index contributed by atoms with van der Waals surface area (Å²) in [6, 6.07) is 72.6. The first-order chi connectivity index (χ1) is 32.3. The smallest absolute Gasteiger partial charge is 0.0652 e. The predicted molar refractivity (Wildman–Crippen MR) is 276 cm³/mol. The van der Waals surface area contributed by atoms with Crippen LogP contribution in [-0.4, -0.2) is 21.6 Å². The third kappa shape index (κ3) is 9.20. The minimum absolute atomic E-state index is 1.02. The fraction of sp³-hybridized carbons (Fsp3) is 0.153. The average molecular weight is 847 g/mol. The molecule has 0 radical (unpaired) electrons. The highest BCUT2D eigenvalue weighted by molar-refractivity contribution is 6.10. The second-order valence-electron chi connectivity index (χ2n) is 16.8. The topological polar surface area (TPSA) is 41.1 Å². The van der Waals surface area contributed by atoms with Crippen molar-refractivity contribution >= 4 is 78.8 Å². The van der Waals surface area contributed by atoms with Crippen LogP contribution in [0.3, 0.4) is 0 Å². The maximum absolute atomic E-state index is 4.98. The lowest BCUT2D eigenvalue weighted by atomic mass is 10.1. The van der Waals surface area contributed by atoms with Gasteiger partial charge < -0.3 is 9.13 Å². The first-order valence-electron chi connectivity index (χ1n) is 23.2. The number of fused-ring (bicyclic) bond motifs is 6. The molecule has 0 bridgehead atoms. The van der Waals surface area contributed by atoms with E-state index >= 15 is 0 Å². The molecular formula is C59H54N6. The summed E-state index contributed by atoms with van der Waals surface area (Å²) in [7, 11) is 0. The molecule has 0 saturated carbocycles. The molecule has 6 heteroatoms. The zero-order chi connectivity index (χ0) is 43.6. The van der Waals surface area contributed by atoms with E-state index < -0.39 is 0 Å². The number of unbranched alkanes of at least 4 members (excludes halogenated alkanes) is 6. The minimum atomic E-state index is 1.02. The lowest BCUT2D eigenvalue weighted by Crippen LogP contribution is -2.09. The lowest BCUT2D eigenvalue weighted by Gasteiger charge is -2.19. The molecular weight excluding hydrogens is 793 g/mol. The van der Waals surface area contributed by atoms with Crippen molar-refractivity contribution < 1.29 is 0 Å². The Kier molecular flexibility index (Phi) is 12.6. The van der Waals surface area contributed by atoms with E-state index in [-0.39, 0.29) is 0 Å². The molecule has 0 saturated heterocycles. The maximum Gasteiger partial charge on any atom is 0.0652 e. The summed E-state index contributed by atoms with van der Waals surface area (Å²) in [5, 5.41) is 19.1. The summed E-state index contributed by atoms with van der Waals surface area (Å²) in [5.74, 6) is 0. The number of hydrogen-bond donors (Lipinski definition) is 0. The molecule has 0 amide bonds. The van der Waals surface area contributed by atoms with Gasteiger partial charge in [-0.2, -0.15) is 10.2 Å². The van der Waals surface area contributed by atoms with Gasteiger partial charge in [-0.05, 0) is 109 Å². The molecule has 2 aromatic heterocycles. The van der Waals surface area contributed by atoms with E-state index in [1.54, 1.807) is 0 Å². The number of nitrogens with zero attached hydrogens (tertiary/aromatic N) is 6. The number of hydrogen-bond acceptors (Lipinski definition) is 4. The minimum Gasteiger partial charge on any atom is -0.340 e. The van der Waals surface area contributed by atoms with Crippen LogP contribution < -0.4 is 10.0 Å². The Morgan fingerprint density at radius 3 is 0.985 bits per heavy atom. The van der Waals surface area contributed by atoms with Gasteiger partial charge in [0.2, 0.25) is 0 Å². The summed E-state index contributed by atoms with van der Waals surface area (Å²) in [6.45, 7) is 2.04. The number of rotatable bonds is 18. The second kappa shape index (κ2) is 19.8. The van der Waals surface area contributed by atoms with E-state index in [9.17, 15) is 0 Å². The van der Waals surface area contributed by atoms with Gasteiger partial charge in [0.1, 0.15) is 0 Å². The van der Waals surface area contributed by atoms with Crippen molar-refractivity contribution in [1.29, 1.82) is 0 Å². The maximum atomic E-state index is 4.98. The van der Waals surface area contributed by atoms with E-state index in [1.807, 2.05) is 46.7 Å². The van der Waals surface area contributed by atoms with Crippen molar-refractivity contribution in [2.75, 3.05) is 10.0 Å². The monoisotopic (exact) mass is 846 g/mol. The summed E-state index contributed by atoms with van der Waals surface area (Å²) < 4.78 is 5.05. The van der Waals surface area contributed by atoms with E-state index in [0.717, 1.165) is 47.0 Å². The molecule has 0 aliphatic rings. The van der Waals surface area contributed by atoms with Crippen LogP contribution in [0.4, 0.5) is 22.7 Å². The third-order valence-corrected chi connectivity index (χ3v) is 12.5. The first-order valence-corrected chi connectivity index (χ1v) is 23.2. The Labute approximate surface area is 382 Å². The fourth-order valence-electron chi connectivity index (χ4n) is 9.30. The third-order valence-electron chi connectivity index (χ3n) is 12.5. The van der Waals surface area contributed by atoms with Gasteiger partial charge in [-0.25, -0.2) is 10.0 Å². The van der Waals surface area contributed by atoms with Crippen LogP contribution in [0, 0.1) is 0 Å². The number of anilines is 4. The van der Waals surface area contributed by atoms with Gasteiger partial charge in [0, 0.05) is 56.7 Å². The molecule has 0 aliphatic heterocycles. The van der Waals surface area contributed by atoms with Crippen molar-refractivity contribution in [1.82, 2.24) is 9.13 Å². The van der Waals surface area contributed by atoms with Crippen molar-refractivity contribution in [2.24, 2.45) is 10.2 Å². The molecule has 2 heterocycles. The molecule has 0 fully saturated rings. The number of benzene rings is 8. The predicted octanol–water partition coefficient (Wildman–Crippen LogP) is 15.7. The SMILES string of the molecule is C(=NN(c1ccccc1)c1ccccc1)c1ccc2c(c1)c1ccccc1n2CCCCCCCCCn1c2ccccc2c2cc(C=NN(c3ccccc3)c3ccccc3)ccc21. The van der Waals surface area contributed by atoms with Crippen LogP contribution >= 0.6 is 0 Å². The van der Waals surface area contributed by atoms with Gasteiger partial charge >= 0.3 is 0 Å². The van der Waals surface area contributed by atoms with Gasteiger partial charge in [-0.15, -0.1) is 0 Å². The van der Waals surface area contributed by atoms with Crippen LogP contribution in [0.5, 0.6) is 0 Å². The Morgan fingerprint density at radius 1 is 0.308 bits per heavy atom. The average Bonchev–Trinajstić information content (AvgIpc) is 3.86. The van der Waals surface area contributed by atoms with Crippen LogP contribution in [0.1, 0.15) is 56.1 Å². The molecule has 0 atom stereocenters. The van der Waals surface area contributed by atoms with E-state index in [2.05, 4.69) is 191 Å². The second-order valence-corrected chi connectivity index (χ2v) is 16.8. The molecule has 6 nitrogen and oxygen atoms in total. The van der Waals surface area contributed by atoms with Crippen molar-refractivity contribution in [3.8, 4) is 0 Å². The molecule has 0 spiro atoms. The van der Waals surface area contributed by atoms with Crippen LogP contribution in [0.15, 0.2) is 216 Å². The van der Waals surface area contributed by atoms with Crippen LogP contribution in [0.2, 0.25) is 0 Å². The zero-order valence-electron chi connectivity index (χ0n) is 36.8. The number of hydrazone groups is 2. The van der Waals surface area contributed by atoms with Gasteiger partial charge in [0.15, 0.2) is 0 Å². The lowest BCUT2D eigenvalue weighted by molar-refractivity contribution is 0.540. The fourth-order valence-corrected chi connectivity index (χ4v) is 9.30. The summed E-state index contributed by atoms with van der Waals surface area (Å²) in [5.41, 5.74) is 11.5. The largest absolute Gasteiger partial charge is 0.340 e. The van der Waals surface area contributed by atoms with Crippen molar-refractivity contribution in [3.05, 3.63) is 217 Å². The molecule has 8 aromatic carbocycles. The molecule has 10 rings (SSSR count). The van der Waals surface area contributed by atoms with Gasteiger partial charge in [0.05, 0.1) is 35.2 Å². The standard InChI is InChI=1S/C59H54N6/c1(2-4-22-40-62-56-34-20-18-32-52(56)54-42-46(36-38-58(54)62)44-60-64(48-24-10-6-11-25-48)49-26-12-7-13-27-49)3-5-23-41-63-57-35-21-19-33-53(57)55-43-47(37-39-59(55)63)45-61-65(50-28-14-8-15-29-50)51-30-16-9-17-31-51/h6-21,24-39,42-45H,1-5,22-23,40-41H2. The Hall–Kier alpha value is -7.70. The molecule has 0 unspecified atom stereocenters. The highest BCUT2D eigenvalue weighted by atomic mass is 15.5. The summed E-state index contributed by atoms with van der Waals surface area (Å²) >= 11 is 0.